The number of hydrogen-bond acceptors (Lipinski definition) is 5. The summed E-state index contributed by atoms with van der Waals surface area (Å²) in [6.45, 7) is -0.460. The van der Waals surface area contributed by atoms with E-state index in [4.69, 9.17) is 10.2 Å². The molecule has 0 aliphatic carbocycles. The first kappa shape index (κ1) is 10.8. The van der Waals surface area contributed by atoms with Crippen molar-refractivity contribution in [2.24, 2.45) is 0 Å². The van der Waals surface area contributed by atoms with Crippen LogP contribution < -0.4 is 0 Å². The lowest BCUT2D eigenvalue weighted by molar-refractivity contribution is -0.201. The first-order chi connectivity index (χ1) is 5.17. The summed E-state index contributed by atoms with van der Waals surface area (Å²) in [6, 6.07) is 0. The fourth-order valence-corrected chi connectivity index (χ4v) is 0.651. The highest BCUT2D eigenvalue weighted by Crippen LogP contribution is 2.07. The quantitative estimate of drug-likeness (QED) is 0.383. The summed E-state index contributed by atoms with van der Waals surface area (Å²) in [5.74, 6) is 0. The van der Waals surface area contributed by atoms with Gasteiger partial charge in [0, 0.05) is 0 Å². The third-order valence-corrected chi connectivity index (χ3v) is 1.62. The highest BCUT2D eigenvalue weighted by atomic mass is 32.1. The molecule has 0 aromatic rings. The van der Waals surface area contributed by atoms with E-state index < -0.39 is 24.1 Å². The maximum atomic E-state index is 11.4. The van der Waals surface area contributed by atoms with E-state index in [1.54, 1.807) is 0 Å². The van der Waals surface area contributed by atoms with Crippen LogP contribution in [0.5, 0.6) is 0 Å². The zero-order valence-electron chi connectivity index (χ0n) is 5.55. The highest BCUT2D eigenvalue weighted by molar-refractivity contribution is 7.81. The van der Waals surface area contributed by atoms with Crippen LogP contribution in [-0.2, 0) is 9.74 Å². The van der Waals surface area contributed by atoms with Gasteiger partial charge in [0.25, 0.3) is 0 Å². The van der Waals surface area contributed by atoms with Crippen molar-refractivity contribution in [3.8, 4) is 0 Å². The Balaban J connectivity index is 3.96. The molecule has 0 bridgehead atoms. The van der Waals surface area contributed by atoms with E-state index in [9.17, 15) is 9.32 Å². The molecule has 0 saturated carbocycles. The SMILES string of the molecule is O=C[C@@H](OF)[C@H](O)[C@H](S)CO. The van der Waals surface area contributed by atoms with E-state index >= 15 is 0 Å². The van der Waals surface area contributed by atoms with Crippen LogP contribution in [-0.4, -0.2) is 40.6 Å². The molecule has 0 aliphatic heterocycles. The number of aliphatic hydroxyl groups is 2. The van der Waals surface area contributed by atoms with Crippen LogP contribution in [0.15, 0.2) is 0 Å². The molecule has 0 heterocycles. The Bertz CT molecular complexity index is 123. The monoisotopic (exact) mass is 184 g/mol. The zero-order valence-corrected chi connectivity index (χ0v) is 6.45. The largest absolute Gasteiger partial charge is 0.395 e. The van der Waals surface area contributed by atoms with Gasteiger partial charge in [-0.25, -0.2) is 0 Å². The smallest absolute Gasteiger partial charge is 0.180 e. The van der Waals surface area contributed by atoms with Gasteiger partial charge in [-0.05, 0) is 4.53 Å². The Hall–Kier alpha value is -0.170. The molecule has 11 heavy (non-hydrogen) atoms. The summed E-state index contributed by atoms with van der Waals surface area (Å²) in [6.07, 6.45) is -2.92. The number of aliphatic hydroxyl groups excluding tert-OH is 2. The molecule has 0 unspecified atom stereocenters. The summed E-state index contributed by atoms with van der Waals surface area (Å²) in [5, 5.41) is 16.5. The van der Waals surface area contributed by atoms with Gasteiger partial charge in [-0.15, -0.1) is 0 Å². The predicted octanol–water partition coefficient (Wildman–Crippen LogP) is -0.893. The maximum Gasteiger partial charge on any atom is 0.180 e. The van der Waals surface area contributed by atoms with Crippen LogP contribution >= 0.6 is 12.6 Å². The molecule has 0 fully saturated rings. The Labute approximate surface area is 68.3 Å². The van der Waals surface area contributed by atoms with Crippen molar-refractivity contribution in [2.75, 3.05) is 6.61 Å². The van der Waals surface area contributed by atoms with Gasteiger partial charge in [-0.2, -0.15) is 17.6 Å². The van der Waals surface area contributed by atoms with E-state index in [0.717, 1.165) is 0 Å². The van der Waals surface area contributed by atoms with Gasteiger partial charge in [0.05, 0.1) is 11.9 Å². The first-order valence-corrected chi connectivity index (χ1v) is 3.38. The van der Waals surface area contributed by atoms with Crippen LogP contribution in [0.2, 0.25) is 0 Å². The van der Waals surface area contributed by atoms with E-state index in [1.165, 1.54) is 0 Å². The second kappa shape index (κ2) is 5.48. The fraction of sp³-hybridized carbons (Fsp3) is 0.800. The maximum absolute atomic E-state index is 11.4. The van der Waals surface area contributed by atoms with Gasteiger partial charge in [0.1, 0.15) is 6.10 Å². The molecule has 4 nitrogen and oxygen atoms in total. The van der Waals surface area contributed by atoms with Crippen LogP contribution in [0.3, 0.4) is 0 Å². The van der Waals surface area contributed by atoms with Gasteiger partial charge < -0.3 is 15.0 Å². The minimum atomic E-state index is -1.58. The lowest BCUT2D eigenvalue weighted by Crippen LogP contribution is -2.37. The van der Waals surface area contributed by atoms with Gasteiger partial charge in [0.2, 0.25) is 0 Å². The molecule has 0 amide bonds. The predicted molar refractivity (Wildman–Crippen MR) is 37.9 cm³/mol. The minimum absolute atomic E-state index is 0.101. The molecule has 0 spiro atoms. The van der Waals surface area contributed by atoms with Crippen LogP contribution in [0.25, 0.3) is 0 Å². The molecule has 3 atom stereocenters. The van der Waals surface area contributed by atoms with E-state index in [-0.39, 0.29) is 6.29 Å². The van der Waals surface area contributed by atoms with Crippen molar-refractivity contribution in [1.29, 1.82) is 0 Å². The summed E-state index contributed by atoms with van der Waals surface area (Å²) < 4.78 is 11.4. The Morgan fingerprint density at radius 2 is 2.27 bits per heavy atom. The average Bonchev–Trinajstić information content (AvgIpc) is 2.05. The van der Waals surface area contributed by atoms with Gasteiger partial charge >= 0.3 is 0 Å². The number of halogens is 1. The highest BCUT2D eigenvalue weighted by Gasteiger charge is 2.26. The molecule has 6 heteroatoms. The number of carbonyl (C=O) groups is 1. The van der Waals surface area contributed by atoms with Crippen molar-refractivity contribution in [3.05, 3.63) is 0 Å². The number of hydrogen-bond donors (Lipinski definition) is 3. The topological polar surface area (TPSA) is 66.8 Å². The number of aldehydes is 1. The van der Waals surface area contributed by atoms with Crippen molar-refractivity contribution in [2.45, 2.75) is 17.5 Å². The molecule has 0 aromatic carbocycles. The molecule has 0 radical (unpaired) electrons. The number of thiol groups is 1. The Morgan fingerprint density at radius 3 is 2.55 bits per heavy atom. The molecule has 0 aliphatic rings. The second-order valence-corrected chi connectivity index (χ2v) is 2.59. The summed E-state index contributed by atoms with van der Waals surface area (Å²) in [7, 11) is 0. The molecule has 0 saturated heterocycles. The number of carbonyl (C=O) groups excluding carboxylic acids is 1. The van der Waals surface area contributed by atoms with Crippen molar-refractivity contribution < 1.29 is 24.5 Å². The van der Waals surface area contributed by atoms with Gasteiger partial charge in [-0.1, -0.05) is 0 Å². The molecule has 0 rings (SSSR count). The lowest BCUT2D eigenvalue weighted by Gasteiger charge is -2.17. The standard InChI is InChI=1S/C5H9FO4S/c6-10-3(1-7)5(9)4(11)2-8/h1,3-5,8-9,11H,2H2/t3-,4-,5+/m1/s1. The van der Waals surface area contributed by atoms with Gasteiger partial charge in [-0.3, -0.25) is 0 Å². The van der Waals surface area contributed by atoms with Crippen molar-refractivity contribution in [3.63, 3.8) is 0 Å². The van der Waals surface area contributed by atoms with E-state index in [1.807, 2.05) is 0 Å². The molecule has 0 aromatic heterocycles. The van der Waals surface area contributed by atoms with E-state index in [2.05, 4.69) is 17.6 Å². The van der Waals surface area contributed by atoms with Crippen LogP contribution in [0.1, 0.15) is 0 Å². The molecule has 66 valence electrons. The van der Waals surface area contributed by atoms with Crippen LogP contribution in [0.4, 0.5) is 4.53 Å². The fourth-order valence-electron chi connectivity index (χ4n) is 0.481. The summed E-state index contributed by atoms with van der Waals surface area (Å²) in [4.78, 5) is 13.1. The molecular weight excluding hydrogens is 175 g/mol. The van der Waals surface area contributed by atoms with E-state index in [0.29, 0.717) is 0 Å². The normalized spacial score (nSPS) is 18.9. The summed E-state index contributed by atoms with van der Waals surface area (Å²) >= 11 is 3.67. The molecular formula is C5H9FO4S. The van der Waals surface area contributed by atoms with Crippen LogP contribution in [0, 0.1) is 0 Å². The Morgan fingerprint density at radius 1 is 1.73 bits per heavy atom. The van der Waals surface area contributed by atoms with Crippen molar-refractivity contribution in [1.82, 2.24) is 0 Å². The molecule has 2 N–H and O–H groups in total. The Kier molecular flexibility index (Phi) is 5.39. The first-order valence-electron chi connectivity index (χ1n) is 2.87. The third-order valence-electron chi connectivity index (χ3n) is 1.15. The zero-order chi connectivity index (χ0) is 8.85. The lowest BCUT2D eigenvalue weighted by atomic mass is 10.1. The number of rotatable bonds is 5. The third kappa shape index (κ3) is 3.15. The average molecular weight is 184 g/mol. The van der Waals surface area contributed by atoms with Crippen molar-refractivity contribution >= 4 is 18.9 Å². The van der Waals surface area contributed by atoms with Gasteiger partial charge in [0.15, 0.2) is 12.4 Å². The second-order valence-electron chi connectivity index (χ2n) is 1.93. The summed E-state index contributed by atoms with van der Waals surface area (Å²) in [5.41, 5.74) is 0. The minimum Gasteiger partial charge on any atom is -0.395 e.